The zero-order valence-electron chi connectivity index (χ0n) is 63.3. The second-order valence-electron chi connectivity index (χ2n) is 26.1. The van der Waals surface area contributed by atoms with Crippen LogP contribution in [0, 0.1) is 0 Å². The van der Waals surface area contributed by atoms with E-state index in [1.54, 1.807) is 0 Å². The molecule has 5 atom stereocenters. The van der Waals surface area contributed by atoms with Gasteiger partial charge in [0.25, 0.3) is 0 Å². The molecule has 0 aliphatic heterocycles. The Labute approximate surface area is 614 Å². The van der Waals surface area contributed by atoms with E-state index in [0.29, 0.717) is 19.3 Å². The quantitative estimate of drug-likeness (QED) is 0.0146. The van der Waals surface area contributed by atoms with Gasteiger partial charge < -0.3 is 34.2 Å². The smallest absolute Gasteiger partial charge is 0.463 e. The van der Waals surface area contributed by atoms with Gasteiger partial charge in [-0.25, -0.2) is 9.13 Å². The summed E-state index contributed by atoms with van der Waals surface area (Å²) >= 11 is 0. The molecule has 0 aromatic rings. The number of carbonyl (C=O) groups is 3. The standard InChI is InChI=1S/C83H142O16P2/c1-4-7-10-13-16-19-22-24-26-28-30-32-34-35-36-37-38-39-40-41-43-45-46-48-50-52-55-57-60-63-66-69-81(86)93-72-78(84)73-95-100(89,90)96-74-79(85)75-97-101(91,92)98-77-80(99-83(88)71-68-65-62-59-54-21-18-15-12-9-6-3)76-94-82(87)70-67-64-61-58-56-53-51-49-47-44-42-33-31-29-27-25-23-20-17-14-11-8-5-2/h8,11,15-20,24-27,30-33,35-36,44,47,51,53,78-80,84-85H,4-7,9-10,12-14,21-23,28-29,34,37-43,45-46,48-50,52,54-77H2,1-3H3,(H,89,90)(H,91,92)/b11-8-,18-15-,19-16-,20-17-,26-24-,27-25-,32-30-,33-31-,36-35-,47-44-,53-51-. The van der Waals surface area contributed by atoms with Crippen molar-refractivity contribution in [2.75, 3.05) is 39.6 Å². The third-order valence-corrected chi connectivity index (χ3v) is 18.2. The topological polar surface area (TPSA) is 231 Å². The summed E-state index contributed by atoms with van der Waals surface area (Å²) in [4.78, 5) is 58.5. The van der Waals surface area contributed by atoms with Crippen molar-refractivity contribution in [3.05, 3.63) is 134 Å². The molecule has 0 aliphatic carbocycles. The number of rotatable bonds is 74. The fourth-order valence-corrected chi connectivity index (χ4v) is 11.9. The molecule has 0 saturated heterocycles. The molecule has 0 saturated carbocycles. The summed E-state index contributed by atoms with van der Waals surface area (Å²) in [5.41, 5.74) is 0. The lowest BCUT2D eigenvalue weighted by Gasteiger charge is -2.21. The number of hydrogen-bond donors (Lipinski definition) is 4. The molecule has 4 N–H and O–H groups in total. The average Bonchev–Trinajstić information content (AvgIpc) is 0.944. The Morgan fingerprint density at radius 3 is 0.871 bits per heavy atom. The maximum absolute atomic E-state index is 12.9. The molecular weight excluding hydrogens is 1310 g/mol. The zero-order valence-corrected chi connectivity index (χ0v) is 65.1. The number of phosphoric ester groups is 2. The van der Waals surface area contributed by atoms with Crippen LogP contribution in [0.25, 0.3) is 0 Å². The van der Waals surface area contributed by atoms with Gasteiger partial charge in [0.05, 0.1) is 26.4 Å². The number of unbranched alkanes of at least 4 members (excludes halogenated alkanes) is 29. The highest BCUT2D eigenvalue weighted by Gasteiger charge is 2.29. The van der Waals surface area contributed by atoms with Crippen LogP contribution in [-0.4, -0.2) is 95.9 Å². The fourth-order valence-electron chi connectivity index (χ4n) is 10.3. The largest absolute Gasteiger partial charge is 0.472 e. The van der Waals surface area contributed by atoms with E-state index in [9.17, 15) is 43.5 Å². The van der Waals surface area contributed by atoms with Crippen LogP contribution < -0.4 is 0 Å². The molecule has 0 aromatic carbocycles. The first-order valence-electron chi connectivity index (χ1n) is 39.5. The third-order valence-electron chi connectivity index (χ3n) is 16.3. The second-order valence-corrected chi connectivity index (χ2v) is 29.0. The van der Waals surface area contributed by atoms with E-state index in [2.05, 4.69) is 154 Å². The van der Waals surface area contributed by atoms with Crippen LogP contribution in [0.2, 0.25) is 0 Å². The minimum atomic E-state index is -4.94. The minimum absolute atomic E-state index is 0.0851. The summed E-state index contributed by atoms with van der Waals surface area (Å²) in [5.74, 6) is -1.62. The predicted octanol–water partition coefficient (Wildman–Crippen LogP) is 23.1. The summed E-state index contributed by atoms with van der Waals surface area (Å²) in [6, 6.07) is 0. The van der Waals surface area contributed by atoms with Crippen LogP contribution in [0.5, 0.6) is 0 Å². The van der Waals surface area contributed by atoms with Gasteiger partial charge in [-0.3, -0.25) is 32.5 Å². The summed E-state index contributed by atoms with van der Waals surface area (Å²) in [6.45, 7) is 2.46. The summed E-state index contributed by atoms with van der Waals surface area (Å²) in [7, 11) is -9.79. The number of carbonyl (C=O) groups excluding carboxylic acids is 3. The first-order valence-corrected chi connectivity index (χ1v) is 42.5. The highest BCUT2D eigenvalue weighted by Crippen LogP contribution is 2.45. The van der Waals surface area contributed by atoms with E-state index in [-0.39, 0.29) is 19.3 Å². The van der Waals surface area contributed by atoms with Crippen molar-refractivity contribution >= 4 is 33.6 Å². The van der Waals surface area contributed by atoms with Crippen LogP contribution in [0.4, 0.5) is 0 Å². The Morgan fingerprint density at radius 1 is 0.287 bits per heavy atom. The summed E-state index contributed by atoms with van der Waals surface area (Å²) < 4.78 is 61.0. The van der Waals surface area contributed by atoms with Crippen LogP contribution in [0.1, 0.15) is 316 Å². The van der Waals surface area contributed by atoms with Crippen molar-refractivity contribution in [1.82, 2.24) is 0 Å². The second kappa shape index (κ2) is 75.4. The molecule has 0 spiro atoms. The van der Waals surface area contributed by atoms with E-state index in [1.165, 1.54) is 116 Å². The maximum Gasteiger partial charge on any atom is 0.472 e. The SMILES string of the molecule is CC/C=C\C/C=C\C/C=C\C/C=C\C/C=C\C/C=C\CCCCCCC(=O)OCC(COP(=O)(O)OCC(O)COP(=O)(O)OCC(O)COC(=O)CCCCCCCCCCCCCCCCC/C=C\C/C=C\C/C=C\C/C=C\CCCCC)OC(=O)CCCCCCC/C=C\CCCC. The Balaban J connectivity index is 4.44. The van der Waals surface area contributed by atoms with Gasteiger partial charge >= 0.3 is 33.6 Å². The molecule has 0 aromatic heterocycles. The number of esters is 3. The van der Waals surface area contributed by atoms with E-state index in [1.807, 2.05) is 0 Å². The summed E-state index contributed by atoms with van der Waals surface area (Å²) in [5, 5.41) is 20.6. The Kier molecular flexibility index (Phi) is 72.2. The molecule has 0 radical (unpaired) electrons. The van der Waals surface area contributed by atoms with Crippen molar-refractivity contribution in [2.24, 2.45) is 0 Å². The highest BCUT2D eigenvalue weighted by molar-refractivity contribution is 7.47. The monoisotopic (exact) mass is 1460 g/mol. The lowest BCUT2D eigenvalue weighted by molar-refractivity contribution is -0.161. The normalized spacial score (nSPS) is 14.7. The predicted molar refractivity (Wildman–Crippen MR) is 417 cm³/mol. The Morgan fingerprint density at radius 2 is 0.535 bits per heavy atom. The van der Waals surface area contributed by atoms with E-state index >= 15 is 0 Å². The average molecular weight is 1460 g/mol. The van der Waals surface area contributed by atoms with Crippen LogP contribution >= 0.6 is 15.6 Å². The molecule has 5 unspecified atom stereocenters. The minimum Gasteiger partial charge on any atom is -0.463 e. The fraction of sp³-hybridized carbons (Fsp3) is 0.699. The number of ether oxygens (including phenoxy) is 3. The van der Waals surface area contributed by atoms with Crippen molar-refractivity contribution in [3.8, 4) is 0 Å². The van der Waals surface area contributed by atoms with Crippen molar-refractivity contribution < 1.29 is 75.8 Å². The van der Waals surface area contributed by atoms with E-state index in [4.69, 9.17) is 32.3 Å². The maximum atomic E-state index is 12.9. The number of allylic oxidation sites excluding steroid dienone is 22. The van der Waals surface area contributed by atoms with E-state index in [0.717, 1.165) is 141 Å². The molecule has 16 nitrogen and oxygen atoms in total. The van der Waals surface area contributed by atoms with Gasteiger partial charge in [-0.05, 0) is 135 Å². The first-order chi connectivity index (χ1) is 49.2. The first kappa shape index (κ1) is 96.7. The van der Waals surface area contributed by atoms with Crippen molar-refractivity contribution in [2.45, 2.75) is 334 Å². The number of aliphatic hydroxyl groups is 2. The van der Waals surface area contributed by atoms with Gasteiger partial charge in [-0.15, -0.1) is 0 Å². The number of aliphatic hydroxyl groups excluding tert-OH is 2. The molecular formula is C83H142O16P2. The molecule has 18 heteroatoms. The lowest BCUT2D eigenvalue weighted by Crippen LogP contribution is -2.30. The van der Waals surface area contributed by atoms with Gasteiger partial charge in [0.1, 0.15) is 25.4 Å². The molecule has 0 rings (SSSR count). The van der Waals surface area contributed by atoms with Gasteiger partial charge in [0.15, 0.2) is 6.10 Å². The Bertz CT molecular complexity index is 2370. The number of phosphoric acid groups is 2. The molecule has 0 fully saturated rings. The number of hydrogen-bond acceptors (Lipinski definition) is 14. The molecule has 0 bridgehead atoms. The van der Waals surface area contributed by atoms with Gasteiger partial charge in [0, 0.05) is 19.3 Å². The van der Waals surface area contributed by atoms with Gasteiger partial charge in [-0.1, -0.05) is 296 Å². The van der Waals surface area contributed by atoms with Crippen LogP contribution in [0.15, 0.2) is 134 Å². The molecule has 0 aliphatic rings. The van der Waals surface area contributed by atoms with Gasteiger partial charge in [-0.2, -0.15) is 0 Å². The van der Waals surface area contributed by atoms with Crippen LogP contribution in [0.3, 0.4) is 0 Å². The van der Waals surface area contributed by atoms with Crippen molar-refractivity contribution in [1.29, 1.82) is 0 Å². The lowest BCUT2D eigenvalue weighted by atomic mass is 10.0. The summed E-state index contributed by atoms with van der Waals surface area (Å²) in [6.07, 6.45) is 90.9. The zero-order chi connectivity index (χ0) is 73.7. The molecule has 580 valence electrons. The molecule has 101 heavy (non-hydrogen) atoms. The highest BCUT2D eigenvalue weighted by atomic mass is 31.2. The van der Waals surface area contributed by atoms with E-state index < -0.39 is 91.5 Å². The van der Waals surface area contributed by atoms with Crippen LogP contribution in [-0.2, 0) is 55.8 Å². The van der Waals surface area contributed by atoms with Gasteiger partial charge in [0.2, 0.25) is 0 Å². The van der Waals surface area contributed by atoms with Crippen molar-refractivity contribution in [3.63, 3.8) is 0 Å². The third kappa shape index (κ3) is 76.6. The molecule has 0 amide bonds. The molecule has 0 heterocycles. The Hall–Kier alpha value is -4.31.